The molecule has 0 saturated carbocycles. The summed E-state index contributed by atoms with van der Waals surface area (Å²) < 4.78 is 9.85. The standard InChI is InChI=1S/C19H18ClNO5S/c1-25-19(24)17-12-6-4-8-14(12)27-18(17)21-15(22)10-26-16(23)9-11-5-2-3-7-13(11)20/h2-3,5,7H,4,6,8-10H2,1H3,(H,21,22). The van der Waals surface area contributed by atoms with Gasteiger partial charge in [0.2, 0.25) is 0 Å². The molecule has 2 aromatic rings. The highest BCUT2D eigenvalue weighted by Crippen LogP contribution is 2.39. The van der Waals surface area contributed by atoms with Gasteiger partial charge in [0.05, 0.1) is 19.1 Å². The zero-order valence-electron chi connectivity index (χ0n) is 14.7. The number of nitrogens with one attached hydrogen (secondary N) is 1. The SMILES string of the molecule is COC(=O)c1c(NC(=O)COC(=O)Cc2ccccc2Cl)sc2c1CCC2. The molecular formula is C19H18ClNO5S. The van der Waals surface area contributed by atoms with Crippen molar-refractivity contribution in [1.82, 2.24) is 0 Å². The number of hydrogen-bond acceptors (Lipinski definition) is 6. The van der Waals surface area contributed by atoms with Crippen molar-refractivity contribution in [1.29, 1.82) is 0 Å². The molecule has 1 amide bonds. The number of hydrogen-bond donors (Lipinski definition) is 1. The normalized spacial score (nSPS) is 12.4. The highest BCUT2D eigenvalue weighted by Gasteiger charge is 2.28. The average molecular weight is 408 g/mol. The van der Waals surface area contributed by atoms with Crippen molar-refractivity contribution in [2.75, 3.05) is 19.0 Å². The van der Waals surface area contributed by atoms with Crippen LogP contribution < -0.4 is 5.32 Å². The predicted molar refractivity (Wildman–Crippen MR) is 102 cm³/mol. The van der Waals surface area contributed by atoms with Crippen LogP contribution in [0.3, 0.4) is 0 Å². The molecule has 3 rings (SSSR count). The molecule has 0 radical (unpaired) electrons. The summed E-state index contributed by atoms with van der Waals surface area (Å²) in [5.74, 6) is -1.53. The number of amides is 1. The lowest BCUT2D eigenvalue weighted by Crippen LogP contribution is -2.22. The molecule has 0 unspecified atom stereocenters. The summed E-state index contributed by atoms with van der Waals surface area (Å²) in [7, 11) is 1.31. The van der Waals surface area contributed by atoms with E-state index in [0.29, 0.717) is 21.2 Å². The van der Waals surface area contributed by atoms with Gasteiger partial charge < -0.3 is 14.8 Å². The molecular weight excluding hydrogens is 390 g/mol. The molecule has 0 fully saturated rings. The summed E-state index contributed by atoms with van der Waals surface area (Å²) in [6, 6.07) is 6.94. The van der Waals surface area contributed by atoms with E-state index in [-0.39, 0.29) is 6.42 Å². The minimum Gasteiger partial charge on any atom is -0.465 e. The van der Waals surface area contributed by atoms with Gasteiger partial charge in [0.15, 0.2) is 6.61 Å². The highest BCUT2D eigenvalue weighted by molar-refractivity contribution is 7.17. The molecule has 1 aromatic heterocycles. The van der Waals surface area contributed by atoms with E-state index in [4.69, 9.17) is 21.1 Å². The van der Waals surface area contributed by atoms with Crippen LogP contribution in [0.4, 0.5) is 5.00 Å². The largest absolute Gasteiger partial charge is 0.465 e. The fourth-order valence-electron chi connectivity index (χ4n) is 2.97. The lowest BCUT2D eigenvalue weighted by atomic mass is 10.1. The molecule has 0 saturated heterocycles. The maximum absolute atomic E-state index is 12.2. The van der Waals surface area contributed by atoms with Crippen LogP contribution in [0, 0.1) is 0 Å². The number of halogens is 1. The topological polar surface area (TPSA) is 81.7 Å². The molecule has 0 aliphatic heterocycles. The van der Waals surface area contributed by atoms with Gasteiger partial charge in [-0.1, -0.05) is 29.8 Å². The quantitative estimate of drug-likeness (QED) is 0.742. The van der Waals surface area contributed by atoms with Crippen molar-refractivity contribution in [3.8, 4) is 0 Å². The van der Waals surface area contributed by atoms with Crippen LogP contribution in [0.1, 0.15) is 32.8 Å². The molecule has 6 nitrogen and oxygen atoms in total. The van der Waals surface area contributed by atoms with Gasteiger partial charge in [-0.3, -0.25) is 9.59 Å². The Morgan fingerprint density at radius 3 is 2.74 bits per heavy atom. The first-order chi connectivity index (χ1) is 13.0. The van der Waals surface area contributed by atoms with Gasteiger partial charge >= 0.3 is 11.9 Å². The summed E-state index contributed by atoms with van der Waals surface area (Å²) in [6.07, 6.45) is 2.64. The number of esters is 2. The Kier molecular flexibility index (Phi) is 6.13. The number of ether oxygens (including phenoxy) is 2. The zero-order chi connectivity index (χ0) is 19.4. The van der Waals surface area contributed by atoms with Crippen molar-refractivity contribution in [2.45, 2.75) is 25.7 Å². The summed E-state index contributed by atoms with van der Waals surface area (Å²) in [5, 5.41) is 3.57. The number of carbonyl (C=O) groups excluding carboxylic acids is 3. The zero-order valence-corrected chi connectivity index (χ0v) is 16.2. The molecule has 0 bridgehead atoms. The molecule has 1 heterocycles. The molecule has 1 N–H and O–H groups in total. The molecule has 1 aliphatic carbocycles. The minimum atomic E-state index is -0.555. The molecule has 27 heavy (non-hydrogen) atoms. The number of rotatable bonds is 6. The number of anilines is 1. The van der Waals surface area contributed by atoms with Crippen LogP contribution in [-0.4, -0.2) is 31.6 Å². The first-order valence-electron chi connectivity index (χ1n) is 8.41. The third kappa shape index (κ3) is 4.48. The number of fused-ring (bicyclic) bond motifs is 1. The van der Waals surface area contributed by atoms with Crippen LogP contribution in [-0.2, 0) is 38.3 Å². The van der Waals surface area contributed by atoms with Crippen molar-refractivity contribution in [3.05, 3.63) is 50.9 Å². The number of methoxy groups -OCH3 is 1. The maximum atomic E-state index is 12.2. The Morgan fingerprint density at radius 1 is 1.22 bits per heavy atom. The second-order valence-corrected chi connectivity index (χ2v) is 7.54. The molecule has 142 valence electrons. The fraction of sp³-hybridized carbons (Fsp3) is 0.316. The van der Waals surface area contributed by atoms with E-state index in [9.17, 15) is 14.4 Å². The smallest absolute Gasteiger partial charge is 0.341 e. The Hall–Kier alpha value is -2.38. The first-order valence-corrected chi connectivity index (χ1v) is 9.60. The molecule has 8 heteroatoms. The molecule has 1 aliphatic rings. The monoisotopic (exact) mass is 407 g/mol. The summed E-state index contributed by atoms with van der Waals surface area (Å²) in [4.78, 5) is 37.2. The van der Waals surface area contributed by atoms with E-state index in [1.54, 1.807) is 24.3 Å². The Labute approximate surface area is 165 Å². The lowest BCUT2D eigenvalue weighted by Gasteiger charge is -2.08. The number of thiophene rings is 1. The van der Waals surface area contributed by atoms with E-state index < -0.39 is 24.5 Å². The number of benzene rings is 1. The molecule has 0 atom stereocenters. The van der Waals surface area contributed by atoms with Crippen molar-refractivity contribution in [3.63, 3.8) is 0 Å². The van der Waals surface area contributed by atoms with E-state index in [1.165, 1.54) is 18.4 Å². The van der Waals surface area contributed by atoms with Crippen molar-refractivity contribution in [2.24, 2.45) is 0 Å². The number of aryl methyl sites for hydroxylation is 1. The van der Waals surface area contributed by atoms with Crippen LogP contribution in [0.2, 0.25) is 5.02 Å². The van der Waals surface area contributed by atoms with Gasteiger partial charge in [0.1, 0.15) is 5.00 Å². The maximum Gasteiger partial charge on any atom is 0.341 e. The third-order valence-corrected chi connectivity index (χ3v) is 5.80. The van der Waals surface area contributed by atoms with E-state index in [2.05, 4.69) is 5.32 Å². The van der Waals surface area contributed by atoms with Gasteiger partial charge in [-0.2, -0.15) is 0 Å². The average Bonchev–Trinajstić information content (AvgIpc) is 3.22. The van der Waals surface area contributed by atoms with Gasteiger partial charge in [-0.15, -0.1) is 11.3 Å². The second-order valence-electron chi connectivity index (χ2n) is 6.03. The van der Waals surface area contributed by atoms with Crippen LogP contribution in [0.5, 0.6) is 0 Å². The van der Waals surface area contributed by atoms with Gasteiger partial charge in [-0.05, 0) is 36.5 Å². The van der Waals surface area contributed by atoms with Crippen LogP contribution in [0.25, 0.3) is 0 Å². The second kappa shape index (κ2) is 8.54. The van der Waals surface area contributed by atoms with E-state index in [1.807, 2.05) is 0 Å². The van der Waals surface area contributed by atoms with Crippen LogP contribution in [0.15, 0.2) is 24.3 Å². The van der Waals surface area contributed by atoms with E-state index >= 15 is 0 Å². The van der Waals surface area contributed by atoms with Gasteiger partial charge in [-0.25, -0.2) is 4.79 Å². The summed E-state index contributed by atoms with van der Waals surface area (Å²) >= 11 is 7.37. The molecule has 1 aromatic carbocycles. The Bertz CT molecular complexity index is 892. The van der Waals surface area contributed by atoms with Crippen LogP contribution >= 0.6 is 22.9 Å². The number of carbonyl (C=O) groups is 3. The van der Waals surface area contributed by atoms with Gasteiger partial charge in [0.25, 0.3) is 5.91 Å². The Morgan fingerprint density at radius 2 is 2.00 bits per heavy atom. The van der Waals surface area contributed by atoms with Gasteiger partial charge in [0, 0.05) is 9.90 Å². The summed E-state index contributed by atoms with van der Waals surface area (Å²) in [6.45, 7) is -0.438. The van der Waals surface area contributed by atoms with E-state index in [0.717, 1.165) is 29.7 Å². The highest BCUT2D eigenvalue weighted by atomic mass is 35.5. The van der Waals surface area contributed by atoms with Crippen molar-refractivity contribution >= 4 is 45.8 Å². The first kappa shape index (κ1) is 19.4. The lowest BCUT2D eigenvalue weighted by molar-refractivity contribution is -0.146. The Balaban J connectivity index is 1.59. The predicted octanol–water partition coefficient (Wildman–Crippen LogP) is 3.40. The minimum absolute atomic E-state index is 0.0202. The summed E-state index contributed by atoms with van der Waals surface area (Å²) in [5.41, 5.74) is 1.98. The third-order valence-electron chi connectivity index (χ3n) is 4.22. The van der Waals surface area contributed by atoms with Crippen molar-refractivity contribution < 1.29 is 23.9 Å². The molecule has 0 spiro atoms. The fourth-order valence-corrected chi connectivity index (χ4v) is 4.46.